The van der Waals surface area contributed by atoms with E-state index in [1.54, 1.807) is 43.5 Å². The number of benzene rings is 2. The molecule has 2 aromatic rings. The summed E-state index contributed by atoms with van der Waals surface area (Å²) in [7, 11) is 1.54. The zero-order chi connectivity index (χ0) is 16.8. The Hall–Kier alpha value is -1.72. The van der Waals surface area contributed by atoms with E-state index in [9.17, 15) is 4.79 Å². The summed E-state index contributed by atoms with van der Waals surface area (Å²) in [6.07, 6.45) is 0.882. The summed E-state index contributed by atoms with van der Waals surface area (Å²) in [5.41, 5.74) is 1.08. The lowest BCUT2D eigenvalue weighted by Gasteiger charge is -2.14. The Morgan fingerprint density at radius 1 is 1.30 bits per heavy atom. The maximum absolute atomic E-state index is 12.4. The van der Waals surface area contributed by atoms with E-state index in [2.05, 4.69) is 21.2 Å². The fourth-order valence-corrected chi connectivity index (χ4v) is 2.71. The molecule has 2 rings (SSSR count). The molecular formula is C17H17BrClNO3. The van der Waals surface area contributed by atoms with Crippen molar-refractivity contribution >= 4 is 39.1 Å². The van der Waals surface area contributed by atoms with Crippen molar-refractivity contribution in [1.29, 1.82) is 0 Å². The van der Waals surface area contributed by atoms with Gasteiger partial charge in [0, 0.05) is 16.3 Å². The Labute approximate surface area is 148 Å². The number of ether oxygens (including phenoxy) is 2. The standard InChI is InChI=1S/C17H17BrClNO3/c1-3-7-23-16-14(18)8-11(9-15(16)22-2)17(21)20-13-6-4-5-12(19)10-13/h4-6,8-10H,3,7H2,1-2H3,(H,20,21). The Bertz CT molecular complexity index is 706. The summed E-state index contributed by atoms with van der Waals surface area (Å²) in [6, 6.07) is 10.3. The molecule has 1 N–H and O–H groups in total. The number of carbonyl (C=O) groups is 1. The summed E-state index contributed by atoms with van der Waals surface area (Å²) >= 11 is 9.35. The summed E-state index contributed by atoms with van der Waals surface area (Å²) in [6.45, 7) is 2.59. The van der Waals surface area contributed by atoms with Crippen molar-refractivity contribution < 1.29 is 14.3 Å². The number of carbonyl (C=O) groups excluding carboxylic acids is 1. The molecule has 2 aromatic carbocycles. The average molecular weight is 399 g/mol. The molecule has 0 spiro atoms. The number of halogens is 2. The van der Waals surface area contributed by atoms with Gasteiger partial charge in [0.2, 0.25) is 0 Å². The molecule has 4 nitrogen and oxygen atoms in total. The summed E-state index contributed by atoms with van der Waals surface area (Å²) < 4.78 is 11.7. The number of rotatable bonds is 6. The molecule has 0 aromatic heterocycles. The first-order valence-corrected chi connectivity index (χ1v) is 8.29. The highest BCUT2D eigenvalue weighted by atomic mass is 79.9. The highest BCUT2D eigenvalue weighted by Crippen LogP contribution is 2.37. The van der Waals surface area contributed by atoms with Crippen LogP contribution in [0, 0.1) is 0 Å². The van der Waals surface area contributed by atoms with E-state index in [1.165, 1.54) is 0 Å². The van der Waals surface area contributed by atoms with Crippen LogP contribution in [-0.4, -0.2) is 19.6 Å². The van der Waals surface area contributed by atoms with Crippen LogP contribution in [0.1, 0.15) is 23.7 Å². The number of nitrogens with one attached hydrogen (secondary N) is 1. The van der Waals surface area contributed by atoms with E-state index in [1.807, 2.05) is 6.92 Å². The summed E-state index contributed by atoms with van der Waals surface area (Å²) in [5.74, 6) is 0.839. The molecule has 0 aliphatic heterocycles. The summed E-state index contributed by atoms with van der Waals surface area (Å²) in [5, 5.41) is 3.36. The maximum atomic E-state index is 12.4. The first-order chi connectivity index (χ1) is 11.0. The van der Waals surface area contributed by atoms with E-state index < -0.39 is 0 Å². The van der Waals surface area contributed by atoms with Gasteiger partial charge in [0.05, 0.1) is 18.2 Å². The lowest BCUT2D eigenvalue weighted by molar-refractivity contribution is 0.102. The topological polar surface area (TPSA) is 47.6 Å². The van der Waals surface area contributed by atoms with E-state index in [0.717, 1.165) is 6.42 Å². The number of hydrogen-bond acceptors (Lipinski definition) is 3. The summed E-state index contributed by atoms with van der Waals surface area (Å²) in [4.78, 5) is 12.4. The minimum atomic E-state index is -0.256. The molecule has 23 heavy (non-hydrogen) atoms. The van der Waals surface area contributed by atoms with Gasteiger partial charge in [0.25, 0.3) is 5.91 Å². The van der Waals surface area contributed by atoms with Gasteiger partial charge < -0.3 is 14.8 Å². The normalized spacial score (nSPS) is 10.3. The second kappa shape index (κ2) is 8.22. The molecule has 0 bridgehead atoms. The number of amides is 1. The SMILES string of the molecule is CCCOc1c(Br)cc(C(=O)Nc2cccc(Cl)c2)cc1OC. The molecule has 122 valence electrons. The van der Waals surface area contributed by atoms with Gasteiger partial charge in [-0.2, -0.15) is 0 Å². The maximum Gasteiger partial charge on any atom is 0.255 e. The van der Waals surface area contributed by atoms with Crippen LogP contribution in [0.2, 0.25) is 5.02 Å². The molecule has 0 saturated carbocycles. The van der Waals surface area contributed by atoms with Gasteiger partial charge in [-0.05, 0) is 52.7 Å². The molecule has 0 unspecified atom stereocenters. The minimum Gasteiger partial charge on any atom is -0.493 e. The third-order valence-corrected chi connectivity index (χ3v) is 3.85. The second-order valence-corrected chi connectivity index (χ2v) is 6.09. The fraction of sp³-hybridized carbons (Fsp3) is 0.235. The second-order valence-electron chi connectivity index (χ2n) is 4.80. The van der Waals surface area contributed by atoms with Gasteiger partial charge >= 0.3 is 0 Å². The van der Waals surface area contributed by atoms with Crippen LogP contribution >= 0.6 is 27.5 Å². The van der Waals surface area contributed by atoms with E-state index >= 15 is 0 Å². The molecule has 0 fully saturated rings. The van der Waals surface area contributed by atoms with Gasteiger partial charge in [-0.1, -0.05) is 24.6 Å². The molecule has 0 aliphatic carbocycles. The van der Waals surface area contributed by atoms with Gasteiger partial charge in [-0.25, -0.2) is 0 Å². The van der Waals surface area contributed by atoms with Crippen molar-refractivity contribution in [1.82, 2.24) is 0 Å². The first kappa shape index (κ1) is 17.6. The first-order valence-electron chi connectivity index (χ1n) is 7.12. The van der Waals surface area contributed by atoms with Crippen molar-refractivity contribution in [3.63, 3.8) is 0 Å². The highest BCUT2D eigenvalue weighted by Gasteiger charge is 2.15. The Balaban J connectivity index is 2.25. The number of hydrogen-bond donors (Lipinski definition) is 1. The van der Waals surface area contributed by atoms with Crippen LogP contribution in [0.15, 0.2) is 40.9 Å². The van der Waals surface area contributed by atoms with Crippen LogP contribution in [0.3, 0.4) is 0 Å². The zero-order valence-corrected chi connectivity index (χ0v) is 15.2. The van der Waals surface area contributed by atoms with Crippen molar-refractivity contribution in [2.75, 3.05) is 19.0 Å². The predicted octanol–water partition coefficient (Wildman–Crippen LogP) is 5.15. The van der Waals surface area contributed by atoms with E-state index in [0.29, 0.717) is 38.9 Å². The lowest BCUT2D eigenvalue weighted by atomic mass is 10.1. The monoisotopic (exact) mass is 397 g/mol. The average Bonchev–Trinajstić information content (AvgIpc) is 2.53. The van der Waals surface area contributed by atoms with E-state index in [-0.39, 0.29) is 5.91 Å². The minimum absolute atomic E-state index is 0.256. The van der Waals surface area contributed by atoms with Crippen LogP contribution < -0.4 is 14.8 Å². The fourth-order valence-electron chi connectivity index (χ4n) is 1.96. The Morgan fingerprint density at radius 2 is 2.09 bits per heavy atom. The predicted molar refractivity (Wildman–Crippen MR) is 95.9 cm³/mol. The molecule has 6 heteroatoms. The van der Waals surface area contributed by atoms with Crippen molar-refractivity contribution in [3.05, 3.63) is 51.5 Å². The molecular weight excluding hydrogens is 382 g/mol. The highest BCUT2D eigenvalue weighted by molar-refractivity contribution is 9.10. The molecule has 0 heterocycles. The number of methoxy groups -OCH3 is 1. The Morgan fingerprint density at radius 3 is 2.74 bits per heavy atom. The molecule has 0 saturated heterocycles. The van der Waals surface area contributed by atoms with Crippen molar-refractivity contribution in [2.45, 2.75) is 13.3 Å². The Kier molecular flexibility index (Phi) is 6.30. The van der Waals surface area contributed by atoms with Crippen LogP contribution in [0.25, 0.3) is 0 Å². The van der Waals surface area contributed by atoms with Crippen molar-refractivity contribution in [2.24, 2.45) is 0 Å². The van der Waals surface area contributed by atoms with E-state index in [4.69, 9.17) is 21.1 Å². The van der Waals surface area contributed by atoms with Crippen molar-refractivity contribution in [3.8, 4) is 11.5 Å². The third-order valence-electron chi connectivity index (χ3n) is 3.02. The number of anilines is 1. The van der Waals surface area contributed by atoms with Crippen LogP contribution in [-0.2, 0) is 0 Å². The van der Waals surface area contributed by atoms with Gasteiger partial charge in [0.15, 0.2) is 11.5 Å². The smallest absolute Gasteiger partial charge is 0.255 e. The van der Waals surface area contributed by atoms with Gasteiger partial charge in [-0.3, -0.25) is 4.79 Å². The molecule has 0 radical (unpaired) electrons. The quantitative estimate of drug-likeness (QED) is 0.732. The molecule has 0 atom stereocenters. The molecule has 0 aliphatic rings. The molecule has 1 amide bonds. The van der Waals surface area contributed by atoms with Crippen LogP contribution in [0.5, 0.6) is 11.5 Å². The largest absolute Gasteiger partial charge is 0.493 e. The lowest BCUT2D eigenvalue weighted by Crippen LogP contribution is -2.12. The zero-order valence-electron chi connectivity index (χ0n) is 12.9. The third kappa shape index (κ3) is 4.62. The van der Waals surface area contributed by atoms with Gasteiger partial charge in [0.1, 0.15) is 0 Å². The van der Waals surface area contributed by atoms with Gasteiger partial charge in [-0.15, -0.1) is 0 Å². The van der Waals surface area contributed by atoms with Crippen LogP contribution in [0.4, 0.5) is 5.69 Å².